The molecule has 5 rings (SSSR count). The number of ether oxygens (including phenoxy) is 6. The molecule has 382 valence electrons. The number of benzene rings is 5. The molecule has 0 aliphatic heterocycles. The molecular formula is C61H83ClO8. The van der Waals surface area contributed by atoms with E-state index in [-0.39, 0.29) is 28.0 Å². The molecule has 0 saturated carbocycles. The van der Waals surface area contributed by atoms with Crippen molar-refractivity contribution in [2.45, 2.75) is 183 Å². The Bertz CT molecular complexity index is 2200. The van der Waals surface area contributed by atoms with Crippen molar-refractivity contribution in [1.82, 2.24) is 0 Å². The van der Waals surface area contributed by atoms with Crippen molar-refractivity contribution in [3.8, 4) is 28.7 Å². The van der Waals surface area contributed by atoms with Crippen LogP contribution in [-0.4, -0.2) is 39.1 Å². The molecule has 0 saturated heterocycles. The Hall–Kier alpha value is -5.44. The molecule has 0 fully saturated rings. The van der Waals surface area contributed by atoms with Crippen molar-refractivity contribution in [1.29, 1.82) is 0 Å². The summed E-state index contributed by atoms with van der Waals surface area (Å²) in [7, 11) is 0. The summed E-state index contributed by atoms with van der Waals surface area (Å²) in [6, 6.07) is 38.1. The minimum absolute atomic E-state index is 0.103. The van der Waals surface area contributed by atoms with E-state index in [1.54, 1.807) is 6.92 Å². The fourth-order valence-corrected chi connectivity index (χ4v) is 6.17. The molecule has 0 bridgehead atoms. The highest BCUT2D eigenvalue weighted by atomic mass is 35.5. The lowest BCUT2D eigenvalue weighted by Gasteiger charge is -2.26. The van der Waals surface area contributed by atoms with Crippen molar-refractivity contribution < 1.29 is 38.3 Å². The zero-order chi connectivity index (χ0) is 52.5. The van der Waals surface area contributed by atoms with Gasteiger partial charge >= 0.3 is 5.97 Å². The van der Waals surface area contributed by atoms with Gasteiger partial charge in [0.2, 0.25) is 0 Å². The van der Waals surface area contributed by atoms with Gasteiger partial charge in [-0.2, -0.15) is 0 Å². The molecular weight excluding hydrogens is 896 g/mol. The van der Waals surface area contributed by atoms with Crippen molar-refractivity contribution in [2.24, 2.45) is 0 Å². The molecule has 0 aliphatic rings. The minimum atomic E-state index is -0.670. The second-order valence-corrected chi connectivity index (χ2v) is 21.2. The van der Waals surface area contributed by atoms with E-state index >= 15 is 0 Å². The molecule has 0 heterocycles. The van der Waals surface area contributed by atoms with E-state index in [0.29, 0.717) is 5.57 Å². The average Bonchev–Trinajstić information content (AvgIpc) is 3.32. The van der Waals surface area contributed by atoms with E-state index < -0.39 is 18.2 Å². The molecule has 0 radical (unpaired) electrons. The number of aliphatic hydroxyl groups excluding tert-OH is 1. The smallest absolute Gasteiger partial charge is 0.334 e. The fourth-order valence-electron chi connectivity index (χ4n) is 6.04. The van der Waals surface area contributed by atoms with Gasteiger partial charge < -0.3 is 33.5 Å². The first-order valence-corrected chi connectivity index (χ1v) is 25.2. The molecule has 5 aromatic carbocycles. The highest BCUT2D eigenvalue weighted by molar-refractivity contribution is 6.30. The zero-order valence-corrected chi connectivity index (χ0v) is 45.9. The highest BCUT2D eigenvalue weighted by Gasteiger charge is 2.24. The first-order chi connectivity index (χ1) is 32.6. The third kappa shape index (κ3) is 20.1. The first kappa shape index (κ1) is 58.9. The number of hydrogen-bond acceptors (Lipinski definition) is 8. The predicted molar refractivity (Wildman–Crippen MR) is 289 cm³/mol. The third-order valence-corrected chi connectivity index (χ3v) is 12.6. The van der Waals surface area contributed by atoms with E-state index in [9.17, 15) is 9.90 Å². The van der Waals surface area contributed by atoms with Crippen molar-refractivity contribution in [3.63, 3.8) is 0 Å². The number of carbonyl (C=O) groups excluding carboxylic acids is 1. The topological polar surface area (TPSA) is 92.7 Å². The van der Waals surface area contributed by atoms with Gasteiger partial charge in [0.15, 0.2) is 6.10 Å². The lowest BCUT2D eigenvalue weighted by molar-refractivity contribution is -0.142. The Balaban J connectivity index is 0.000000299. The maximum Gasteiger partial charge on any atom is 0.334 e. The predicted octanol–water partition coefficient (Wildman–Crippen LogP) is 16.8. The molecule has 5 aromatic rings. The molecule has 0 unspecified atom stereocenters. The average molecular weight is 980 g/mol. The van der Waals surface area contributed by atoms with Crippen LogP contribution in [0.3, 0.4) is 0 Å². The molecule has 1 N–H and O–H groups in total. The molecule has 0 spiro atoms. The summed E-state index contributed by atoms with van der Waals surface area (Å²) in [6.45, 7) is 36.5. The molecule has 0 atom stereocenters. The van der Waals surface area contributed by atoms with Crippen LogP contribution in [0.15, 0.2) is 133 Å². The van der Waals surface area contributed by atoms with Gasteiger partial charge in [0.25, 0.3) is 0 Å². The Morgan fingerprint density at radius 2 is 0.657 bits per heavy atom. The zero-order valence-electron chi connectivity index (χ0n) is 45.1. The van der Waals surface area contributed by atoms with Crippen LogP contribution in [0.5, 0.6) is 28.7 Å². The van der Waals surface area contributed by atoms with Crippen LogP contribution in [0.2, 0.25) is 5.02 Å². The summed E-state index contributed by atoms with van der Waals surface area (Å²) in [5.74, 6) is 3.65. The number of esters is 1. The quantitative estimate of drug-likeness (QED) is 0.0574. The molecule has 0 aliphatic carbocycles. The fraction of sp³-hybridized carbons (Fsp3) is 0.459. The van der Waals surface area contributed by atoms with Crippen molar-refractivity contribution in [2.75, 3.05) is 0 Å². The van der Waals surface area contributed by atoms with Gasteiger partial charge in [-0.15, -0.1) is 0 Å². The van der Waals surface area contributed by atoms with Gasteiger partial charge in [0.1, 0.15) is 62.9 Å². The molecule has 9 heteroatoms. The number of aliphatic hydroxyl groups is 1. The normalized spacial score (nSPS) is 11.9. The van der Waals surface area contributed by atoms with Gasteiger partial charge in [-0.05, 0) is 203 Å². The third-order valence-electron chi connectivity index (χ3n) is 12.4. The van der Waals surface area contributed by atoms with Crippen LogP contribution < -0.4 is 23.7 Å². The van der Waals surface area contributed by atoms with E-state index in [1.165, 1.54) is 0 Å². The Morgan fingerprint density at radius 3 is 0.871 bits per heavy atom. The van der Waals surface area contributed by atoms with E-state index in [1.807, 2.05) is 121 Å². The summed E-state index contributed by atoms with van der Waals surface area (Å²) in [5.41, 5.74) is 2.80. The lowest BCUT2D eigenvalue weighted by atomic mass is 10.0. The summed E-state index contributed by atoms with van der Waals surface area (Å²) >= 11 is 5.76. The van der Waals surface area contributed by atoms with Crippen LogP contribution in [0.25, 0.3) is 0 Å². The number of halogens is 1. The number of carbonyl (C=O) groups is 1. The molecule has 70 heavy (non-hydrogen) atoms. The minimum Gasteiger partial charge on any atom is -0.488 e. The van der Waals surface area contributed by atoms with Gasteiger partial charge in [0, 0.05) is 10.6 Å². The van der Waals surface area contributed by atoms with Crippen LogP contribution in [0.1, 0.15) is 177 Å². The van der Waals surface area contributed by atoms with Crippen molar-refractivity contribution >= 4 is 17.6 Å². The maximum atomic E-state index is 12.3. The number of rotatable bonds is 21. The summed E-state index contributed by atoms with van der Waals surface area (Å²) in [4.78, 5) is 12.3. The SMILES string of the molecule is C=C(C)C(=O)OC(c1ccc(OC(C)(C)CC)cc1)c1ccc(OC(C)(C)CC)cc1.CCC(C)(C)Oc1ccc(C(O)c2ccc(OC(C)(C)CC)cc2)cc1.CCC(C)(C)Oc1ccc(Cl)cc1. The Kier molecular flexibility index (Phi) is 22.0. The van der Waals surface area contributed by atoms with Crippen molar-refractivity contribution in [3.05, 3.63) is 161 Å². The van der Waals surface area contributed by atoms with Gasteiger partial charge in [-0.3, -0.25) is 0 Å². The van der Waals surface area contributed by atoms with Gasteiger partial charge in [-0.25, -0.2) is 4.79 Å². The van der Waals surface area contributed by atoms with E-state index in [0.717, 1.165) is 88.1 Å². The van der Waals surface area contributed by atoms with Crippen LogP contribution >= 0.6 is 11.6 Å². The molecule has 0 aromatic heterocycles. The Labute approximate surface area is 426 Å². The lowest BCUT2D eigenvalue weighted by Crippen LogP contribution is -2.26. The van der Waals surface area contributed by atoms with Gasteiger partial charge in [0.05, 0.1) is 0 Å². The standard InChI is InChI=1S/C27H36O4.C23H32O3.C11H15ClO/c1-9-26(5,6)30-22-15-11-20(12-16-22)24(29-25(28)19(3)4)21-13-17-23(18-14-21)31-27(7,8)10-2;1-7-22(3,4)25-19-13-9-17(10-14-19)21(24)18-11-15-20(16-12-18)26-23(5,6)8-2;1-4-11(2,3)13-10-7-5-9(12)6-8-10/h11-18,24H,3,9-10H2,1-2,4-8H3;9-16,21,24H,7-8H2,1-6H3;5-8H,4H2,1-3H3. The van der Waals surface area contributed by atoms with E-state index in [4.69, 9.17) is 40.0 Å². The summed E-state index contributed by atoms with van der Waals surface area (Å²) in [5, 5.41) is 11.4. The largest absolute Gasteiger partial charge is 0.488 e. The first-order valence-electron chi connectivity index (χ1n) is 24.8. The van der Waals surface area contributed by atoms with Gasteiger partial charge in [-0.1, -0.05) is 101 Å². The Morgan fingerprint density at radius 1 is 0.443 bits per heavy atom. The monoisotopic (exact) mass is 979 g/mol. The molecule has 0 amide bonds. The molecule has 8 nitrogen and oxygen atoms in total. The van der Waals surface area contributed by atoms with Crippen LogP contribution in [-0.2, 0) is 9.53 Å². The van der Waals surface area contributed by atoms with Crippen LogP contribution in [0.4, 0.5) is 0 Å². The second-order valence-electron chi connectivity index (χ2n) is 20.8. The number of hydrogen-bond donors (Lipinski definition) is 1. The maximum absolute atomic E-state index is 12.3. The second kappa shape index (κ2) is 26.1. The summed E-state index contributed by atoms with van der Waals surface area (Å²) < 4.78 is 35.6. The van der Waals surface area contributed by atoms with E-state index in [2.05, 4.69) is 110 Å². The van der Waals surface area contributed by atoms with Crippen LogP contribution in [0, 0.1) is 0 Å². The summed E-state index contributed by atoms with van der Waals surface area (Å²) in [6.07, 6.45) is 3.42. The highest BCUT2D eigenvalue weighted by Crippen LogP contribution is 2.33.